The zero-order valence-corrected chi connectivity index (χ0v) is 12.3. The predicted molar refractivity (Wildman–Crippen MR) is 78.4 cm³/mol. The Balaban J connectivity index is 1.78. The van der Waals surface area contributed by atoms with Crippen LogP contribution in [0, 0.1) is 19.8 Å². The molecule has 2 atom stereocenters. The lowest BCUT2D eigenvalue weighted by atomic mass is 10.4. The molecule has 0 aliphatic heterocycles. The van der Waals surface area contributed by atoms with Gasteiger partial charge in [0.15, 0.2) is 0 Å². The molecule has 1 aliphatic carbocycles. The first kappa shape index (κ1) is 13.5. The number of carbonyl (C=O) groups is 1. The molecule has 0 radical (unpaired) electrons. The second-order valence-corrected chi connectivity index (χ2v) is 5.50. The van der Waals surface area contributed by atoms with Crippen LogP contribution in [0.4, 0.5) is 10.6 Å². The van der Waals surface area contributed by atoms with Gasteiger partial charge in [-0.1, -0.05) is 6.92 Å². The zero-order valence-electron chi connectivity index (χ0n) is 12.3. The highest BCUT2D eigenvalue weighted by Crippen LogP contribution is 2.28. The summed E-state index contributed by atoms with van der Waals surface area (Å²) in [4.78, 5) is 20.6. The Morgan fingerprint density at radius 3 is 2.62 bits per heavy atom. The van der Waals surface area contributed by atoms with E-state index in [0.29, 0.717) is 17.7 Å². The van der Waals surface area contributed by atoms with Crippen molar-refractivity contribution in [2.75, 3.05) is 5.32 Å². The summed E-state index contributed by atoms with van der Waals surface area (Å²) in [6.45, 7) is 5.91. The number of carbonyl (C=O) groups excluding carboxylic acids is 1. The molecule has 0 spiro atoms. The molecular weight excluding hydrogens is 268 g/mol. The van der Waals surface area contributed by atoms with Gasteiger partial charge in [-0.15, -0.1) is 0 Å². The summed E-state index contributed by atoms with van der Waals surface area (Å²) in [5.41, 5.74) is 1.71. The predicted octanol–water partition coefficient (Wildman–Crippen LogP) is 1.81. The fourth-order valence-corrected chi connectivity index (χ4v) is 2.20. The molecule has 1 fully saturated rings. The Bertz CT molecular complexity index is 660. The van der Waals surface area contributed by atoms with Crippen LogP contribution in [0.3, 0.4) is 0 Å². The second kappa shape index (κ2) is 5.16. The van der Waals surface area contributed by atoms with Crippen molar-refractivity contribution in [1.29, 1.82) is 0 Å². The van der Waals surface area contributed by atoms with Crippen LogP contribution in [0.2, 0.25) is 0 Å². The summed E-state index contributed by atoms with van der Waals surface area (Å²) in [6, 6.07) is 3.66. The van der Waals surface area contributed by atoms with Crippen LogP contribution in [0.1, 0.15) is 24.7 Å². The number of amides is 2. The van der Waals surface area contributed by atoms with Crippen LogP contribution in [-0.4, -0.2) is 31.8 Å². The zero-order chi connectivity index (χ0) is 15.0. The van der Waals surface area contributed by atoms with Crippen molar-refractivity contribution in [3.05, 3.63) is 29.7 Å². The number of anilines is 1. The van der Waals surface area contributed by atoms with Crippen LogP contribution in [-0.2, 0) is 0 Å². The minimum atomic E-state index is -0.226. The maximum Gasteiger partial charge on any atom is 0.320 e. The van der Waals surface area contributed by atoms with E-state index in [4.69, 9.17) is 0 Å². The molecule has 2 heterocycles. The van der Waals surface area contributed by atoms with E-state index in [2.05, 4.69) is 32.6 Å². The van der Waals surface area contributed by atoms with Crippen LogP contribution < -0.4 is 10.6 Å². The van der Waals surface area contributed by atoms with E-state index in [1.165, 1.54) is 4.68 Å². The van der Waals surface area contributed by atoms with Gasteiger partial charge in [0, 0.05) is 23.5 Å². The lowest BCUT2D eigenvalue weighted by molar-refractivity contribution is 0.251. The summed E-state index contributed by atoms with van der Waals surface area (Å²) in [5.74, 6) is 1.56. The van der Waals surface area contributed by atoms with Gasteiger partial charge >= 0.3 is 6.03 Å². The number of hydrogen-bond donors (Lipinski definition) is 2. The summed E-state index contributed by atoms with van der Waals surface area (Å²) in [6.07, 6.45) is 2.64. The molecule has 2 amide bonds. The van der Waals surface area contributed by atoms with Crippen LogP contribution in [0.5, 0.6) is 0 Å². The van der Waals surface area contributed by atoms with E-state index < -0.39 is 0 Å². The molecule has 0 saturated heterocycles. The van der Waals surface area contributed by atoms with Crippen molar-refractivity contribution in [2.45, 2.75) is 33.2 Å². The van der Waals surface area contributed by atoms with Gasteiger partial charge in [-0.05, 0) is 32.3 Å². The molecule has 3 rings (SSSR count). The lowest BCUT2D eigenvalue weighted by Crippen LogP contribution is -2.32. The molecule has 21 heavy (non-hydrogen) atoms. The van der Waals surface area contributed by atoms with Crippen molar-refractivity contribution < 1.29 is 4.79 Å². The molecule has 0 aromatic carbocycles. The number of hydrogen-bond acceptors (Lipinski definition) is 4. The highest BCUT2D eigenvalue weighted by molar-refractivity contribution is 5.88. The van der Waals surface area contributed by atoms with Gasteiger partial charge in [0.05, 0.1) is 6.20 Å². The Morgan fingerprint density at radius 1 is 1.33 bits per heavy atom. The van der Waals surface area contributed by atoms with E-state index in [-0.39, 0.29) is 12.1 Å². The van der Waals surface area contributed by atoms with Crippen molar-refractivity contribution in [3.63, 3.8) is 0 Å². The normalized spacial score (nSPS) is 20.1. The van der Waals surface area contributed by atoms with Crippen molar-refractivity contribution >= 4 is 11.8 Å². The van der Waals surface area contributed by atoms with E-state index in [0.717, 1.165) is 17.8 Å². The number of urea groups is 1. The van der Waals surface area contributed by atoms with Gasteiger partial charge in [0.25, 0.3) is 5.95 Å². The van der Waals surface area contributed by atoms with E-state index in [9.17, 15) is 4.79 Å². The molecule has 110 valence electrons. The Labute approximate surface area is 122 Å². The number of nitrogens with zero attached hydrogens (tertiary/aromatic N) is 4. The van der Waals surface area contributed by atoms with Crippen molar-refractivity contribution in [2.24, 2.45) is 5.92 Å². The molecule has 1 aliphatic rings. The van der Waals surface area contributed by atoms with Gasteiger partial charge < -0.3 is 5.32 Å². The van der Waals surface area contributed by atoms with Gasteiger partial charge in [-0.25, -0.2) is 14.8 Å². The molecule has 2 N–H and O–H groups in total. The first-order valence-corrected chi connectivity index (χ1v) is 6.97. The third kappa shape index (κ3) is 3.01. The molecule has 2 aromatic rings. The Morgan fingerprint density at radius 2 is 2.00 bits per heavy atom. The lowest BCUT2D eigenvalue weighted by Gasteiger charge is -2.09. The SMILES string of the molecule is Cc1cc(C)nc(-n2nccc2NC(=O)N[C@@H]2C[C@H]2C)n1. The standard InChI is InChI=1S/C14H18N6O/c1-8-6-11(8)18-14(21)19-12-4-5-15-20(12)13-16-9(2)7-10(3)17-13/h4-5,7-8,11H,6H2,1-3H3,(H2,18,19,21)/t8-,11-/m1/s1. The molecule has 7 nitrogen and oxygen atoms in total. The maximum atomic E-state index is 11.9. The third-order valence-corrected chi connectivity index (χ3v) is 3.47. The quantitative estimate of drug-likeness (QED) is 0.901. The first-order valence-electron chi connectivity index (χ1n) is 6.97. The molecule has 1 saturated carbocycles. The highest BCUT2D eigenvalue weighted by Gasteiger charge is 2.33. The number of aromatic nitrogens is 4. The third-order valence-electron chi connectivity index (χ3n) is 3.47. The number of nitrogens with one attached hydrogen (secondary N) is 2. The van der Waals surface area contributed by atoms with E-state index in [1.807, 2.05) is 19.9 Å². The molecule has 0 unspecified atom stereocenters. The molecule has 7 heteroatoms. The average molecular weight is 286 g/mol. The molecule has 0 bridgehead atoms. The van der Waals surface area contributed by atoms with E-state index in [1.54, 1.807) is 12.3 Å². The van der Waals surface area contributed by atoms with Gasteiger partial charge in [0.2, 0.25) is 0 Å². The maximum absolute atomic E-state index is 11.9. The second-order valence-electron chi connectivity index (χ2n) is 5.50. The van der Waals surface area contributed by atoms with Gasteiger partial charge in [0.1, 0.15) is 5.82 Å². The largest absolute Gasteiger partial charge is 0.335 e. The summed E-state index contributed by atoms with van der Waals surface area (Å²) in [7, 11) is 0. The Kier molecular flexibility index (Phi) is 3.32. The van der Waals surface area contributed by atoms with Gasteiger partial charge in [-0.3, -0.25) is 5.32 Å². The molecular formula is C14H18N6O. The van der Waals surface area contributed by atoms with Crippen molar-refractivity contribution in [3.8, 4) is 5.95 Å². The smallest absolute Gasteiger partial charge is 0.320 e. The summed E-state index contributed by atoms with van der Waals surface area (Å²) in [5, 5.41) is 9.88. The van der Waals surface area contributed by atoms with Crippen molar-refractivity contribution in [1.82, 2.24) is 25.1 Å². The van der Waals surface area contributed by atoms with Crippen LogP contribution in [0.15, 0.2) is 18.3 Å². The fraction of sp³-hybridized carbons (Fsp3) is 0.429. The number of aryl methyl sites for hydroxylation is 2. The van der Waals surface area contributed by atoms with Gasteiger partial charge in [-0.2, -0.15) is 9.78 Å². The van der Waals surface area contributed by atoms with E-state index >= 15 is 0 Å². The minimum absolute atomic E-state index is 0.226. The fourth-order valence-electron chi connectivity index (χ4n) is 2.20. The summed E-state index contributed by atoms with van der Waals surface area (Å²) >= 11 is 0. The van der Waals surface area contributed by atoms with Crippen LogP contribution >= 0.6 is 0 Å². The summed E-state index contributed by atoms with van der Waals surface area (Å²) < 4.78 is 1.52. The Hall–Kier alpha value is -2.44. The first-order chi connectivity index (χ1) is 10.0. The highest BCUT2D eigenvalue weighted by atomic mass is 16.2. The average Bonchev–Trinajstić information content (AvgIpc) is 2.89. The molecule has 2 aromatic heterocycles. The minimum Gasteiger partial charge on any atom is -0.335 e. The monoisotopic (exact) mass is 286 g/mol. The number of rotatable bonds is 3. The topological polar surface area (TPSA) is 84.7 Å². The van der Waals surface area contributed by atoms with Crippen LogP contribution in [0.25, 0.3) is 5.95 Å².